The number of ketones is 1. The molecule has 0 aliphatic heterocycles. The summed E-state index contributed by atoms with van der Waals surface area (Å²) in [5, 5.41) is 9.77. The minimum atomic E-state index is -0.891. The van der Waals surface area contributed by atoms with Crippen molar-refractivity contribution in [1.82, 2.24) is 0 Å². The highest BCUT2D eigenvalue weighted by molar-refractivity contribution is 5.95. The third-order valence-electron chi connectivity index (χ3n) is 15.5. The van der Waals surface area contributed by atoms with E-state index < -0.39 is 17.8 Å². The fraction of sp³-hybridized carbons (Fsp3) is 0.842. The van der Waals surface area contributed by atoms with Gasteiger partial charge < -0.3 is 14.6 Å². The molecule has 244 valence electrons. The molecule has 0 spiro atoms. The molecule has 6 heteroatoms. The molecular weight excluding hydrogens is 552 g/mol. The maximum absolute atomic E-state index is 14.6. The smallest absolute Gasteiger partial charge is 0.310 e. The molecule has 0 aromatic carbocycles. The summed E-state index contributed by atoms with van der Waals surface area (Å²) in [5.41, 5.74) is 0.323. The molecule has 5 saturated carbocycles. The van der Waals surface area contributed by atoms with Crippen molar-refractivity contribution in [2.24, 2.45) is 62.1 Å². The van der Waals surface area contributed by atoms with Crippen LogP contribution in [0.2, 0.25) is 0 Å². The van der Waals surface area contributed by atoms with Crippen molar-refractivity contribution in [2.45, 2.75) is 138 Å². The normalized spacial score (nSPS) is 49.7. The van der Waals surface area contributed by atoms with Gasteiger partial charge in [0.05, 0.1) is 11.8 Å². The highest BCUT2D eigenvalue weighted by atomic mass is 16.5. The number of carboxylic acid groups (broad SMARTS) is 1. The SMILES string of the molecule is CC1(C)C2CC[C@]3(C)C(C(=O)C=C4[C@@H]5C[C@@](C)(C=O)CC[C@]5(C)CCC43C)[C@@]2(C)CC[C@@H]1OC(=O)[C@H]1CCCC[C@H]1C(=O)O. The largest absolute Gasteiger partial charge is 0.481 e. The number of carboxylic acids is 1. The minimum absolute atomic E-state index is 0.0921. The molecule has 5 fully saturated rings. The topological polar surface area (TPSA) is 97.7 Å². The Morgan fingerprint density at radius 2 is 1.52 bits per heavy atom. The lowest BCUT2D eigenvalue weighted by Gasteiger charge is -2.70. The Bertz CT molecular complexity index is 1280. The Hall–Kier alpha value is -1.98. The van der Waals surface area contributed by atoms with Gasteiger partial charge in [0.1, 0.15) is 12.4 Å². The van der Waals surface area contributed by atoms with Gasteiger partial charge in [-0.3, -0.25) is 14.4 Å². The highest BCUT2D eigenvalue weighted by Crippen LogP contribution is 2.75. The molecule has 6 aliphatic carbocycles. The van der Waals surface area contributed by atoms with E-state index in [4.69, 9.17) is 4.74 Å². The molecule has 0 radical (unpaired) electrons. The Kier molecular flexibility index (Phi) is 7.46. The molecule has 6 nitrogen and oxygen atoms in total. The number of fused-ring (bicyclic) bond motifs is 7. The summed E-state index contributed by atoms with van der Waals surface area (Å²) in [7, 11) is 0. The molecule has 44 heavy (non-hydrogen) atoms. The van der Waals surface area contributed by atoms with Gasteiger partial charge in [0.25, 0.3) is 0 Å². The van der Waals surface area contributed by atoms with Crippen LogP contribution >= 0.6 is 0 Å². The maximum atomic E-state index is 14.6. The van der Waals surface area contributed by atoms with Crippen LogP contribution in [-0.2, 0) is 23.9 Å². The van der Waals surface area contributed by atoms with E-state index in [1.54, 1.807) is 0 Å². The van der Waals surface area contributed by atoms with E-state index in [-0.39, 0.29) is 68.1 Å². The Morgan fingerprint density at radius 3 is 2.18 bits per heavy atom. The second-order valence-electron chi connectivity index (χ2n) is 18.1. The zero-order chi connectivity index (χ0) is 32.1. The number of esters is 1. The molecule has 6 aliphatic rings. The lowest BCUT2D eigenvalue weighted by atomic mass is 9.33. The summed E-state index contributed by atoms with van der Waals surface area (Å²) in [5.74, 6) is -1.81. The fourth-order valence-corrected chi connectivity index (χ4v) is 12.4. The quantitative estimate of drug-likeness (QED) is 0.257. The first kappa shape index (κ1) is 32.0. The number of rotatable bonds is 4. The van der Waals surface area contributed by atoms with Crippen molar-refractivity contribution in [3.63, 3.8) is 0 Å². The maximum Gasteiger partial charge on any atom is 0.310 e. The molecule has 3 unspecified atom stereocenters. The van der Waals surface area contributed by atoms with E-state index in [0.717, 1.165) is 64.2 Å². The van der Waals surface area contributed by atoms with Crippen LogP contribution in [0, 0.1) is 62.1 Å². The summed E-state index contributed by atoms with van der Waals surface area (Å²) in [4.78, 5) is 52.2. The molecule has 0 bridgehead atoms. The molecule has 0 aromatic rings. The third kappa shape index (κ3) is 4.37. The monoisotopic (exact) mass is 608 g/mol. The van der Waals surface area contributed by atoms with Gasteiger partial charge in [-0.1, -0.05) is 66.9 Å². The van der Waals surface area contributed by atoms with E-state index in [1.807, 2.05) is 0 Å². The van der Waals surface area contributed by atoms with Crippen LogP contribution in [0.1, 0.15) is 132 Å². The highest BCUT2D eigenvalue weighted by Gasteiger charge is 2.70. The first-order valence-electron chi connectivity index (χ1n) is 17.6. The van der Waals surface area contributed by atoms with E-state index in [0.29, 0.717) is 19.3 Å². The van der Waals surface area contributed by atoms with Crippen molar-refractivity contribution in [3.8, 4) is 0 Å². The minimum Gasteiger partial charge on any atom is -0.481 e. The Morgan fingerprint density at radius 1 is 0.864 bits per heavy atom. The molecule has 0 saturated heterocycles. The summed E-state index contributed by atoms with van der Waals surface area (Å²) in [6.45, 7) is 16.1. The molecule has 11 atom stereocenters. The standard InChI is InChI=1S/C38H56O6/c1-33(2)28-12-15-38(7)30(36(28,5)14-13-29(33)44-32(43)24-11-9-8-10-23(24)31(41)42)27(40)20-25-26-21-34(3,22-39)16-17-35(26,4)18-19-37(25,38)6/h20,22-24,26,28-30H,8-19,21H2,1-7H3,(H,41,42)/t23-,24+,26+,28?,29+,30?,34+,35-,36+,37?,38-/m1/s1. The molecular formula is C38H56O6. The summed E-state index contributed by atoms with van der Waals surface area (Å²) < 4.78 is 6.29. The van der Waals surface area contributed by atoms with Gasteiger partial charge in [0.15, 0.2) is 5.78 Å². The Labute approximate surface area is 264 Å². The van der Waals surface area contributed by atoms with Crippen LogP contribution in [0.25, 0.3) is 0 Å². The predicted molar refractivity (Wildman–Crippen MR) is 168 cm³/mol. The van der Waals surface area contributed by atoms with Gasteiger partial charge in [-0.2, -0.15) is 0 Å². The number of allylic oxidation sites excluding steroid dienone is 2. The fourth-order valence-electron chi connectivity index (χ4n) is 12.4. The molecule has 0 amide bonds. The summed E-state index contributed by atoms with van der Waals surface area (Å²) >= 11 is 0. The van der Waals surface area contributed by atoms with Gasteiger partial charge in [0.2, 0.25) is 0 Å². The van der Waals surface area contributed by atoms with Crippen LogP contribution < -0.4 is 0 Å². The number of hydrogen-bond acceptors (Lipinski definition) is 5. The van der Waals surface area contributed by atoms with Gasteiger partial charge in [-0.25, -0.2) is 0 Å². The molecule has 6 rings (SSSR count). The van der Waals surface area contributed by atoms with Gasteiger partial charge in [-0.05, 0) is 110 Å². The van der Waals surface area contributed by atoms with Crippen molar-refractivity contribution in [3.05, 3.63) is 11.6 Å². The van der Waals surface area contributed by atoms with Gasteiger partial charge in [0, 0.05) is 16.7 Å². The number of hydrogen-bond donors (Lipinski definition) is 1. The van der Waals surface area contributed by atoms with Crippen molar-refractivity contribution >= 4 is 24.0 Å². The molecule has 1 N–H and O–H groups in total. The second-order valence-corrected chi connectivity index (χ2v) is 18.1. The number of carbonyl (C=O) groups is 4. The van der Waals surface area contributed by atoms with Crippen LogP contribution in [0.4, 0.5) is 0 Å². The zero-order valence-electron chi connectivity index (χ0n) is 28.3. The average molecular weight is 609 g/mol. The lowest BCUT2D eigenvalue weighted by molar-refractivity contribution is -0.213. The predicted octanol–water partition coefficient (Wildman–Crippen LogP) is 7.97. The molecule has 0 heterocycles. The van der Waals surface area contributed by atoms with Crippen LogP contribution in [0.15, 0.2) is 11.6 Å². The van der Waals surface area contributed by atoms with E-state index in [2.05, 4.69) is 54.5 Å². The van der Waals surface area contributed by atoms with Crippen LogP contribution in [0.3, 0.4) is 0 Å². The first-order valence-corrected chi connectivity index (χ1v) is 17.6. The van der Waals surface area contributed by atoms with Crippen molar-refractivity contribution in [2.75, 3.05) is 0 Å². The average Bonchev–Trinajstić information content (AvgIpc) is 2.96. The number of carbonyl (C=O) groups excluding carboxylic acids is 3. The van der Waals surface area contributed by atoms with E-state index in [9.17, 15) is 24.3 Å². The lowest BCUT2D eigenvalue weighted by Crippen LogP contribution is -2.66. The Balaban J connectivity index is 1.30. The second kappa shape index (κ2) is 10.3. The summed E-state index contributed by atoms with van der Waals surface area (Å²) in [6, 6.07) is 0. The number of ether oxygens (including phenoxy) is 1. The van der Waals surface area contributed by atoms with Crippen LogP contribution in [0.5, 0.6) is 0 Å². The van der Waals surface area contributed by atoms with Gasteiger partial charge in [-0.15, -0.1) is 0 Å². The number of aldehydes is 1. The van der Waals surface area contributed by atoms with Crippen molar-refractivity contribution in [1.29, 1.82) is 0 Å². The first-order chi connectivity index (χ1) is 20.5. The number of aliphatic carboxylic acids is 1. The van der Waals surface area contributed by atoms with E-state index >= 15 is 0 Å². The van der Waals surface area contributed by atoms with Gasteiger partial charge >= 0.3 is 11.9 Å². The van der Waals surface area contributed by atoms with Crippen LogP contribution in [-0.4, -0.2) is 35.2 Å². The molecule has 0 aromatic heterocycles. The van der Waals surface area contributed by atoms with Crippen molar-refractivity contribution < 1.29 is 29.0 Å². The summed E-state index contributed by atoms with van der Waals surface area (Å²) in [6.07, 6.45) is 14.3. The zero-order valence-corrected chi connectivity index (χ0v) is 28.3. The van der Waals surface area contributed by atoms with E-state index in [1.165, 1.54) is 11.9 Å². The third-order valence-corrected chi connectivity index (χ3v) is 15.5.